The minimum Gasteiger partial charge on any atom is -0.355 e. The first-order valence-electron chi connectivity index (χ1n) is 8.60. The minimum atomic E-state index is -0.497. The van der Waals surface area contributed by atoms with E-state index in [0.29, 0.717) is 38.2 Å². The minimum absolute atomic E-state index is 0.0657. The molecule has 1 N–H and O–H groups in total. The Kier molecular flexibility index (Phi) is 5.90. The quantitative estimate of drug-likeness (QED) is 0.355. The zero-order valence-electron chi connectivity index (χ0n) is 15.1. The summed E-state index contributed by atoms with van der Waals surface area (Å²) in [5.41, 5.74) is 1.50. The molecule has 30 heavy (non-hydrogen) atoms. The van der Waals surface area contributed by atoms with Crippen molar-refractivity contribution in [1.82, 2.24) is 14.9 Å². The van der Waals surface area contributed by atoms with E-state index in [-0.39, 0.29) is 11.5 Å². The Labute approximate surface area is 188 Å². The van der Waals surface area contributed by atoms with Crippen molar-refractivity contribution in [3.8, 4) is 11.3 Å². The van der Waals surface area contributed by atoms with Crippen molar-refractivity contribution in [1.29, 1.82) is 0 Å². The van der Waals surface area contributed by atoms with Crippen LogP contribution in [-0.2, 0) is 6.54 Å². The predicted molar refractivity (Wildman–Crippen MR) is 115 cm³/mol. The summed E-state index contributed by atoms with van der Waals surface area (Å²) < 4.78 is 20.5. The molecule has 0 aliphatic rings. The first-order chi connectivity index (χ1) is 14.4. The van der Waals surface area contributed by atoms with Gasteiger partial charge in [-0.15, -0.1) is 0 Å². The zero-order valence-corrected chi connectivity index (χ0v) is 18.2. The Hall–Kier alpha value is -2.68. The van der Waals surface area contributed by atoms with E-state index in [4.69, 9.17) is 27.7 Å². The number of carbonyl (C=O) groups is 1. The highest BCUT2D eigenvalue weighted by Crippen LogP contribution is 2.31. The van der Waals surface area contributed by atoms with Gasteiger partial charge in [0.1, 0.15) is 5.82 Å². The highest BCUT2D eigenvalue weighted by molar-refractivity contribution is 9.10. The number of nitrogens with zero attached hydrogens (tertiary/aromatic N) is 3. The molecule has 2 aromatic carbocycles. The number of carbonyl (C=O) groups excluding carboxylic acids is 1. The molecular formula is C20H12BrCl2FN4O2. The van der Waals surface area contributed by atoms with Gasteiger partial charge in [-0.3, -0.25) is 9.48 Å². The molecule has 0 aliphatic carbocycles. The van der Waals surface area contributed by atoms with Crippen molar-refractivity contribution in [2.45, 2.75) is 6.54 Å². The van der Waals surface area contributed by atoms with Crippen LogP contribution in [0.25, 0.3) is 11.3 Å². The second kappa shape index (κ2) is 8.59. The molecule has 0 aliphatic heterocycles. The molecule has 0 unspecified atom stereocenters. The molecule has 6 nitrogen and oxygen atoms in total. The fourth-order valence-electron chi connectivity index (χ4n) is 2.71. The lowest BCUT2D eigenvalue weighted by Gasteiger charge is -2.02. The topological polar surface area (TPSA) is 73.0 Å². The summed E-state index contributed by atoms with van der Waals surface area (Å²) in [5, 5.41) is 11.7. The zero-order chi connectivity index (χ0) is 21.3. The number of hydrogen-bond acceptors (Lipinski definition) is 4. The van der Waals surface area contributed by atoms with Gasteiger partial charge in [0.2, 0.25) is 0 Å². The molecule has 0 spiro atoms. The Morgan fingerprint density at radius 2 is 1.93 bits per heavy atom. The molecule has 10 heteroatoms. The molecule has 1 amide bonds. The standard InChI is InChI=1S/C20H12BrCl2FN4O2/c21-15-10-28(9-11-1-4-13(24)5-2-11)26-19(15)25-20(29)17-8-18(30-27-17)14-6-3-12(22)7-16(14)23/h1-8,10H,9H2,(H,25,26,29). The van der Waals surface area contributed by atoms with E-state index in [2.05, 4.69) is 31.5 Å². The number of halogens is 4. The lowest BCUT2D eigenvalue weighted by molar-refractivity contribution is 0.101. The molecule has 4 aromatic rings. The Balaban J connectivity index is 1.48. The van der Waals surface area contributed by atoms with Gasteiger partial charge in [0, 0.05) is 22.8 Å². The van der Waals surface area contributed by atoms with Gasteiger partial charge in [-0.1, -0.05) is 40.5 Å². The number of amides is 1. The number of anilines is 1. The van der Waals surface area contributed by atoms with Crippen molar-refractivity contribution in [2.75, 3.05) is 5.32 Å². The Bertz CT molecular complexity index is 1220. The van der Waals surface area contributed by atoms with E-state index < -0.39 is 5.91 Å². The molecule has 152 valence electrons. The van der Waals surface area contributed by atoms with E-state index in [1.54, 1.807) is 41.2 Å². The fourth-order valence-corrected chi connectivity index (χ4v) is 3.63. The van der Waals surface area contributed by atoms with Crippen LogP contribution in [0.4, 0.5) is 10.2 Å². The molecular weight excluding hydrogens is 498 g/mol. The first-order valence-corrected chi connectivity index (χ1v) is 10.1. The Morgan fingerprint density at radius 1 is 1.17 bits per heavy atom. The lowest BCUT2D eigenvalue weighted by atomic mass is 10.1. The molecule has 0 saturated heterocycles. The molecule has 0 fully saturated rings. The van der Waals surface area contributed by atoms with Gasteiger partial charge in [0.05, 0.1) is 16.0 Å². The van der Waals surface area contributed by atoms with Crippen LogP contribution in [0.15, 0.2) is 63.7 Å². The second-order valence-corrected chi connectivity index (χ2v) is 8.00. The largest absolute Gasteiger partial charge is 0.355 e. The van der Waals surface area contributed by atoms with E-state index in [9.17, 15) is 9.18 Å². The molecule has 2 heterocycles. The maximum absolute atomic E-state index is 13.0. The van der Waals surface area contributed by atoms with Crippen LogP contribution in [0.2, 0.25) is 10.0 Å². The van der Waals surface area contributed by atoms with Crippen LogP contribution >= 0.6 is 39.1 Å². The predicted octanol–water partition coefficient (Wildman–Crippen LogP) is 6.05. The monoisotopic (exact) mass is 508 g/mol. The summed E-state index contributed by atoms with van der Waals surface area (Å²) in [5.74, 6) is -0.151. The van der Waals surface area contributed by atoms with Crippen molar-refractivity contribution in [3.05, 3.63) is 86.3 Å². The number of benzene rings is 2. The summed E-state index contributed by atoms with van der Waals surface area (Å²) in [6.45, 7) is 0.415. The summed E-state index contributed by atoms with van der Waals surface area (Å²) in [4.78, 5) is 12.6. The van der Waals surface area contributed by atoms with Crippen LogP contribution in [0.5, 0.6) is 0 Å². The van der Waals surface area contributed by atoms with Gasteiger partial charge < -0.3 is 9.84 Å². The third-order valence-electron chi connectivity index (χ3n) is 4.15. The van der Waals surface area contributed by atoms with Gasteiger partial charge >= 0.3 is 0 Å². The molecule has 4 rings (SSSR count). The smallest absolute Gasteiger partial charge is 0.279 e. The van der Waals surface area contributed by atoms with E-state index in [1.807, 2.05) is 0 Å². The van der Waals surface area contributed by atoms with E-state index >= 15 is 0 Å². The van der Waals surface area contributed by atoms with Crippen LogP contribution in [-0.4, -0.2) is 20.8 Å². The number of hydrogen-bond donors (Lipinski definition) is 1. The maximum atomic E-state index is 13.0. The van der Waals surface area contributed by atoms with Gasteiger partial charge in [-0.2, -0.15) is 5.10 Å². The highest BCUT2D eigenvalue weighted by Gasteiger charge is 2.18. The third kappa shape index (κ3) is 4.56. The number of aromatic nitrogens is 3. The summed E-state index contributed by atoms with van der Waals surface area (Å²) in [6.07, 6.45) is 1.71. The fraction of sp³-hybridized carbons (Fsp3) is 0.0500. The summed E-state index contributed by atoms with van der Waals surface area (Å²) in [7, 11) is 0. The summed E-state index contributed by atoms with van der Waals surface area (Å²) in [6, 6.07) is 12.5. The second-order valence-electron chi connectivity index (χ2n) is 6.30. The third-order valence-corrected chi connectivity index (χ3v) is 5.27. The summed E-state index contributed by atoms with van der Waals surface area (Å²) >= 11 is 15.4. The normalized spacial score (nSPS) is 10.9. The van der Waals surface area contributed by atoms with Gasteiger partial charge in [-0.05, 0) is 51.8 Å². The van der Waals surface area contributed by atoms with Gasteiger partial charge in [0.15, 0.2) is 17.3 Å². The van der Waals surface area contributed by atoms with Crippen molar-refractivity contribution >= 4 is 50.9 Å². The highest BCUT2D eigenvalue weighted by atomic mass is 79.9. The molecule has 0 atom stereocenters. The van der Waals surface area contributed by atoms with Crippen LogP contribution in [0.1, 0.15) is 16.1 Å². The number of rotatable bonds is 5. The average molecular weight is 510 g/mol. The van der Waals surface area contributed by atoms with Crippen molar-refractivity contribution in [2.24, 2.45) is 0 Å². The SMILES string of the molecule is O=C(Nc1nn(Cc2ccc(F)cc2)cc1Br)c1cc(-c2ccc(Cl)cc2Cl)on1. The van der Waals surface area contributed by atoms with E-state index in [1.165, 1.54) is 18.2 Å². The average Bonchev–Trinajstić information content (AvgIpc) is 3.31. The van der Waals surface area contributed by atoms with Crippen LogP contribution < -0.4 is 5.32 Å². The van der Waals surface area contributed by atoms with Crippen LogP contribution in [0.3, 0.4) is 0 Å². The molecule has 2 aromatic heterocycles. The maximum Gasteiger partial charge on any atom is 0.279 e. The Morgan fingerprint density at radius 3 is 2.67 bits per heavy atom. The molecule has 0 saturated carbocycles. The molecule has 0 radical (unpaired) electrons. The van der Waals surface area contributed by atoms with Crippen molar-refractivity contribution in [3.63, 3.8) is 0 Å². The number of nitrogens with one attached hydrogen (secondary N) is 1. The van der Waals surface area contributed by atoms with E-state index in [0.717, 1.165) is 5.56 Å². The van der Waals surface area contributed by atoms with Gasteiger partial charge in [0.25, 0.3) is 5.91 Å². The first kappa shape index (κ1) is 20.6. The molecule has 0 bridgehead atoms. The van der Waals surface area contributed by atoms with Crippen LogP contribution in [0, 0.1) is 5.82 Å². The lowest BCUT2D eigenvalue weighted by Crippen LogP contribution is -2.13. The van der Waals surface area contributed by atoms with Crippen molar-refractivity contribution < 1.29 is 13.7 Å². The van der Waals surface area contributed by atoms with Gasteiger partial charge in [-0.25, -0.2) is 4.39 Å².